The van der Waals surface area contributed by atoms with E-state index < -0.39 is 28.8 Å². The SMILES string of the molecule is CCNCc1sccc1S(=O)(=O)N(CC(F)(F)F)C1CC1. The topological polar surface area (TPSA) is 49.4 Å². The standard InChI is InChI=1S/C12H17F3N2O2S2/c1-2-16-7-10-11(5-6-20-10)21(18,19)17(9-3-4-9)8-12(13,14)15/h5-6,9,16H,2-4,7-8H2,1H3. The number of hydrogen-bond donors (Lipinski definition) is 1. The normalized spacial score (nSPS) is 16.6. The van der Waals surface area contributed by atoms with Gasteiger partial charge >= 0.3 is 6.18 Å². The quantitative estimate of drug-likeness (QED) is 0.829. The van der Waals surface area contributed by atoms with Crippen LogP contribution in [0.15, 0.2) is 16.3 Å². The molecule has 0 amide bonds. The van der Waals surface area contributed by atoms with Gasteiger partial charge in [0.2, 0.25) is 10.0 Å². The number of thiophene rings is 1. The Morgan fingerprint density at radius 1 is 1.43 bits per heavy atom. The maximum atomic E-state index is 12.7. The fourth-order valence-corrected chi connectivity index (χ4v) is 5.06. The van der Waals surface area contributed by atoms with Crippen LogP contribution in [0.2, 0.25) is 0 Å². The van der Waals surface area contributed by atoms with Crippen molar-refractivity contribution in [2.24, 2.45) is 0 Å². The molecule has 1 heterocycles. The summed E-state index contributed by atoms with van der Waals surface area (Å²) < 4.78 is 63.6. The molecule has 0 atom stereocenters. The number of hydrogen-bond acceptors (Lipinski definition) is 4. The first-order valence-corrected chi connectivity index (χ1v) is 8.93. The first-order valence-electron chi connectivity index (χ1n) is 6.61. The highest BCUT2D eigenvalue weighted by Gasteiger charge is 2.45. The first-order chi connectivity index (χ1) is 9.75. The molecule has 0 aromatic carbocycles. The van der Waals surface area contributed by atoms with Gasteiger partial charge in [-0.2, -0.15) is 17.5 Å². The molecule has 1 aromatic rings. The van der Waals surface area contributed by atoms with E-state index in [-0.39, 0.29) is 4.90 Å². The lowest BCUT2D eigenvalue weighted by Gasteiger charge is -2.23. The number of nitrogens with one attached hydrogen (secondary N) is 1. The van der Waals surface area contributed by atoms with Crippen LogP contribution in [0.25, 0.3) is 0 Å². The molecule has 1 aromatic heterocycles. The highest BCUT2D eigenvalue weighted by molar-refractivity contribution is 7.89. The Balaban J connectivity index is 2.28. The molecule has 1 saturated carbocycles. The van der Waals surface area contributed by atoms with Crippen LogP contribution in [-0.2, 0) is 16.6 Å². The van der Waals surface area contributed by atoms with Crippen molar-refractivity contribution in [1.29, 1.82) is 0 Å². The predicted octanol–water partition coefficient (Wildman–Crippen LogP) is 2.57. The Morgan fingerprint density at radius 3 is 2.62 bits per heavy atom. The molecule has 2 rings (SSSR count). The minimum absolute atomic E-state index is 0.00963. The van der Waals surface area contributed by atoms with Crippen LogP contribution in [-0.4, -0.2) is 38.0 Å². The predicted molar refractivity (Wildman–Crippen MR) is 74.7 cm³/mol. The fourth-order valence-electron chi connectivity index (χ4n) is 2.00. The Kier molecular flexibility index (Phi) is 4.96. The molecule has 1 aliphatic rings. The molecular formula is C12H17F3N2O2S2. The molecule has 1 aliphatic carbocycles. The van der Waals surface area contributed by atoms with Crippen molar-refractivity contribution >= 4 is 21.4 Å². The molecule has 0 aliphatic heterocycles. The molecule has 21 heavy (non-hydrogen) atoms. The molecule has 9 heteroatoms. The number of sulfonamides is 1. The van der Waals surface area contributed by atoms with Crippen LogP contribution in [0.4, 0.5) is 13.2 Å². The molecule has 0 bridgehead atoms. The Hall–Kier alpha value is -0.640. The van der Waals surface area contributed by atoms with E-state index in [1.807, 2.05) is 6.92 Å². The number of alkyl halides is 3. The monoisotopic (exact) mass is 342 g/mol. The fraction of sp³-hybridized carbons (Fsp3) is 0.667. The second kappa shape index (κ2) is 6.23. The lowest BCUT2D eigenvalue weighted by Crippen LogP contribution is -2.40. The van der Waals surface area contributed by atoms with Crippen LogP contribution < -0.4 is 5.32 Å². The maximum absolute atomic E-state index is 12.7. The van der Waals surface area contributed by atoms with Crippen molar-refractivity contribution in [3.63, 3.8) is 0 Å². The molecule has 1 fully saturated rings. The van der Waals surface area contributed by atoms with Gasteiger partial charge in [-0.1, -0.05) is 6.92 Å². The summed E-state index contributed by atoms with van der Waals surface area (Å²) in [5.74, 6) is 0. The minimum Gasteiger partial charge on any atom is -0.312 e. The number of nitrogens with zero attached hydrogens (tertiary/aromatic N) is 1. The van der Waals surface area contributed by atoms with Crippen LogP contribution in [0.3, 0.4) is 0 Å². The van der Waals surface area contributed by atoms with E-state index in [0.29, 0.717) is 35.1 Å². The van der Waals surface area contributed by atoms with Crippen LogP contribution in [0.5, 0.6) is 0 Å². The van der Waals surface area contributed by atoms with Gasteiger partial charge < -0.3 is 5.32 Å². The summed E-state index contributed by atoms with van der Waals surface area (Å²) >= 11 is 1.23. The van der Waals surface area contributed by atoms with Crippen molar-refractivity contribution in [2.75, 3.05) is 13.1 Å². The van der Waals surface area contributed by atoms with Gasteiger partial charge in [0.15, 0.2) is 0 Å². The van der Waals surface area contributed by atoms with Gasteiger partial charge in [0, 0.05) is 17.5 Å². The van der Waals surface area contributed by atoms with Crippen LogP contribution >= 0.6 is 11.3 Å². The van der Waals surface area contributed by atoms with Gasteiger partial charge in [0.05, 0.1) is 4.90 Å². The molecular weight excluding hydrogens is 325 g/mol. The average molecular weight is 342 g/mol. The van der Waals surface area contributed by atoms with Crippen molar-refractivity contribution in [3.05, 3.63) is 16.3 Å². The molecule has 0 spiro atoms. The highest BCUT2D eigenvalue weighted by Crippen LogP contribution is 2.36. The van der Waals surface area contributed by atoms with Crippen molar-refractivity contribution in [1.82, 2.24) is 9.62 Å². The average Bonchev–Trinajstić information content (AvgIpc) is 3.09. The van der Waals surface area contributed by atoms with Crippen molar-refractivity contribution in [3.8, 4) is 0 Å². The van der Waals surface area contributed by atoms with E-state index >= 15 is 0 Å². The van der Waals surface area contributed by atoms with Crippen LogP contribution in [0, 0.1) is 0 Å². The zero-order chi connectivity index (χ0) is 15.7. The first kappa shape index (κ1) is 16.7. The van der Waals surface area contributed by atoms with E-state index in [1.165, 1.54) is 17.4 Å². The third-order valence-electron chi connectivity index (χ3n) is 3.12. The van der Waals surface area contributed by atoms with Gasteiger partial charge in [0.25, 0.3) is 0 Å². The van der Waals surface area contributed by atoms with E-state index in [9.17, 15) is 21.6 Å². The molecule has 120 valence electrons. The molecule has 0 saturated heterocycles. The van der Waals surface area contributed by atoms with Gasteiger partial charge in [0.1, 0.15) is 6.54 Å². The van der Waals surface area contributed by atoms with Crippen LogP contribution in [0.1, 0.15) is 24.6 Å². The second-order valence-electron chi connectivity index (χ2n) is 4.88. The molecule has 0 unspecified atom stereocenters. The van der Waals surface area contributed by atoms with Gasteiger partial charge in [-0.25, -0.2) is 8.42 Å². The van der Waals surface area contributed by atoms with Crippen molar-refractivity contribution in [2.45, 2.75) is 43.4 Å². The molecule has 1 N–H and O–H groups in total. The highest BCUT2D eigenvalue weighted by atomic mass is 32.2. The van der Waals surface area contributed by atoms with Gasteiger partial charge in [-0.15, -0.1) is 11.3 Å². The third kappa shape index (κ3) is 4.18. The maximum Gasteiger partial charge on any atom is 0.402 e. The summed E-state index contributed by atoms with van der Waals surface area (Å²) in [7, 11) is -4.11. The Labute approximate surface area is 126 Å². The number of halogens is 3. The lowest BCUT2D eigenvalue weighted by atomic mass is 10.4. The summed E-state index contributed by atoms with van der Waals surface area (Å²) in [6.07, 6.45) is -3.56. The van der Waals surface area contributed by atoms with E-state index in [0.717, 1.165) is 0 Å². The summed E-state index contributed by atoms with van der Waals surface area (Å²) in [6.45, 7) is 1.46. The van der Waals surface area contributed by atoms with E-state index in [2.05, 4.69) is 5.32 Å². The Bertz CT molecular complexity index is 580. The summed E-state index contributed by atoms with van der Waals surface area (Å²) in [5.41, 5.74) is 0. The minimum atomic E-state index is -4.53. The summed E-state index contributed by atoms with van der Waals surface area (Å²) in [6, 6.07) is 0.863. The van der Waals surface area contributed by atoms with E-state index in [1.54, 1.807) is 5.38 Å². The zero-order valence-electron chi connectivity index (χ0n) is 11.5. The number of rotatable bonds is 7. The molecule has 0 radical (unpaired) electrons. The molecule has 4 nitrogen and oxygen atoms in total. The van der Waals surface area contributed by atoms with Gasteiger partial charge in [-0.3, -0.25) is 0 Å². The summed E-state index contributed by atoms with van der Waals surface area (Å²) in [5, 5.41) is 4.60. The van der Waals surface area contributed by atoms with Crippen molar-refractivity contribution < 1.29 is 21.6 Å². The van der Waals surface area contributed by atoms with E-state index in [4.69, 9.17) is 0 Å². The smallest absolute Gasteiger partial charge is 0.312 e. The third-order valence-corrected chi connectivity index (χ3v) is 6.15. The van der Waals surface area contributed by atoms with Gasteiger partial charge in [-0.05, 0) is 30.8 Å². The lowest BCUT2D eigenvalue weighted by molar-refractivity contribution is -0.137. The Morgan fingerprint density at radius 2 is 2.10 bits per heavy atom. The summed E-state index contributed by atoms with van der Waals surface area (Å²) in [4.78, 5) is 0.536. The second-order valence-corrected chi connectivity index (χ2v) is 7.74. The zero-order valence-corrected chi connectivity index (χ0v) is 13.1. The largest absolute Gasteiger partial charge is 0.402 e.